The van der Waals surface area contributed by atoms with E-state index in [4.69, 9.17) is 37.9 Å². The molecule has 0 aliphatic carbocycles. The summed E-state index contributed by atoms with van der Waals surface area (Å²) in [6.07, 6.45) is 3.68. The number of nitrogens with zero attached hydrogens (tertiary/aromatic N) is 2. The number of imidazole rings is 1. The molecule has 10 nitrogen and oxygen atoms in total. The molecule has 0 saturated carbocycles. The molecule has 0 amide bonds. The maximum Gasteiger partial charge on any atom is 0.134 e. The minimum Gasteiger partial charge on any atom is -0.382 e. The molecule has 0 radical (unpaired) electrons. The van der Waals surface area contributed by atoms with Crippen LogP contribution in [0, 0.1) is 0 Å². The maximum absolute atomic E-state index is 5.63. The molecule has 0 atom stereocenters. The second-order valence-corrected chi connectivity index (χ2v) is 6.14. The van der Waals surface area contributed by atoms with Crippen LogP contribution in [0.2, 0.25) is 0 Å². The van der Waals surface area contributed by atoms with Crippen molar-refractivity contribution in [1.82, 2.24) is 9.55 Å². The molecule has 0 bridgehead atoms. The molecule has 0 fully saturated rings. The maximum atomic E-state index is 5.63. The monoisotopic (exact) mass is 434 g/mol. The van der Waals surface area contributed by atoms with Crippen molar-refractivity contribution >= 4 is 0 Å². The third kappa shape index (κ3) is 15.7. The first-order chi connectivity index (χ1) is 14.9. The van der Waals surface area contributed by atoms with Gasteiger partial charge in [0.05, 0.1) is 85.9 Å². The van der Waals surface area contributed by atoms with Crippen LogP contribution < -0.4 is 0 Å². The van der Waals surface area contributed by atoms with Crippen molar-refractivity contribution in [3.63, 3.8) is 0 Å². The number of ether oxygens (including phenoxy) is 8. The van der Waals surface area contributed by atoms with Crippen LogP contribution in [0.3, 0.4) is 0 Å². The van der Waals surface area contributed by atoms with Crippen LogP contribution in [0.4, 0.5) is 0 Å². The lowest BCUT2D eigenvalue weighted by atomic mass is 10.5. The number of rotatable bonds is 23. The van der Waals surface area contributed by atoms with Crippen molar-refractivity contribution in [2.45, 2.75) is 13.2 Å². The van der Waals surface area contributed by atoms with Gasteiger partial charge in [0.1, 0.15) is 12.4 Å². The van der Waals surface area contributed by atoms with Gasteiger partial charge in [-0.3, -0.25) is 0 Å². The third-order valence-corrected chi connectivity index (χ3v) is 3.86. The van der Waals surface area contributed by atoms with Crippen LogP contribution in [-0.2, 0) is 51.0 Å². The average molecular weight is 435 g/mol. The molecule has 0 unspecified atom stereocenters. The van der Waals surface area contributed by atoms with Gasteiger partial charge in [0, 0.05) is 33.2 Å². The van der Waals surface area contributed by atoms with E-state index < -0.39 is 0 Å². The van der Waals surface area contributed by atoms with Gasteiger partial charge in [-0.05, 0) is 0 Å². The van der Waals surface area contributed by atoms with Crippen molar-refractivity contribution < 1.29 is 37.9 Å². The number of aromatic nitrogens is 2. The number of hydrogen-bond donors (Lipinski definition) is 0. The minimum absolute atomic E-state index is 0.436. The standard InChI is InChI=1S/C20H38N2O8/c1-23-7-9-26-12-11-25-6-5-22-4-3-21-20(22)19-30-18-17-29-16-15-28-14-13-27-10-8-24-2/h3-4H,5-19H2,1-2H3. The van der Waals surface area contributed by atoms with E-state index in [-0.39, 0.29) is 0 Å². The quantitative estimate of drug-likeness (QED) is 0.232. The molecule has 1 rings (SSSR count). The Balaban J connectivity index is 1.90. The first-order valence-electron chi connectivity index (χ1n) is 10.3. The van der Waals surface area contributed by atoms with Crippen LogP contribution in [0.15, 0.2) is 12.4 Å². The van der Waals surface area contributed by atoms with Gasteiger partial charge < -0.3 is 42.5 Å². The van der Waals surface area contributed by atoms with Crippen LogP contribution in [-0.4, -0.2) is 110 Å². The van der Waals surface area contributed by atoms with Gasteiger partial charge in [0.25, 0.3) is 0 Å². The highest BCUT2D eigenvalue weighted by Gasteiger charge is 2.03. The predicted molar refractivity (Wildman–Crippen MR) is 110 cm³/mol. The van der Waals surface area contributed by atoms with Gasteiger partial charge in [-0.2, -0.15) is 0 Å². The molecule has 30 heavy (non-hydrogen) atoms. The second-order valence-electron chi connectivity index (χ2n) is 6.14. The number of hydrogen-bond acceptors (Lipinski definition) is 9. The lowest BCUT2D eigenvalue weighted by molar-refractivity contribution is -0.0104. The Morgan fingerprint density at radius 2 is 1.03 bits per heavy atom. The molecule has 0 aromatic carbocycles. The lowest BCUT2D eigenvalue weighted by Gasteiger charge is -2.10. The molecule has 10 heteroatoms. The van der Waals surface area contributed by atoms with Gasteiger partial charge in [-0.15, -0.1) is 0 Å². The van der Waals surface area contributed by atoms with Crippen molar-refractivity contribution in [1.29, 1.82) is 0 Å². The Kier molecular flexibility index (Phi) is 19.0. The average Bonchev–Trinajstić information content (AvgIpc) is 3.20. The van der Waals surface area contributed by atoms with Crippen LogP contribution in [0.5, 0.6) is 0 Å². The molecule has 176 valence electrons. The topological polar surface area (TPSA) is 91.7 Å². The largest absolute Gasteiger partial charge is 0.382 e. The summed E-state index contributed by atoms with van der Waals surface area (Å²) in [4.78, 5) is 4.32. The molecular weight excluding hydrogens is 396 g/mol. The zero-order valence-electron chi connectivity index (χ0n) is 18.4. The summed E-state index contributed by atoms with van der Waals surface area (Å²) in [5.74, 6) is 0.867. The summed E-state index contributed by atoms with van der Waals surface area (Å²) in [6, 6.07) is 0. The third-order valence-electron chi connectivity index (χ3n) is 3.86. The zero-order valence-corrected chi connectivity index (χ0v) is 18.4. The molecule has 0 aliphatic rings. The van der Waals surface area contributed by atoms with Gasteiger partial charge in [0.2, 0.25) is 0 Å². The van der Waals surface area contributed by atoms with Gasteiger partial charge in [-0.25, -0.2) is 4.98 Å². The molecule has 1 aromatic rings. The molecule has 0 N–H and O–H groups in total. The molecule has 1 heterocycles. The first kappa shape index (κ1) is 26.9. The highest BCUT2D eigenvalue weighted by Crippen LogP contribution is 2.00. The number of methoxy groups -OCH3 is 2. The summed E-state index contributed by atoms with van der Waals surface area (Å²) in [5.41, 5.74) is 0. The van der Waals surface area contributed by atoms with Crippen LogP contribution >= 0.6 is 0 Å². The van der Waals surface area contributed by atoms with Crippen molar-refractivity contribution in [2.24, 2.45) is 0 Å². The Bertz CT molecular complexity index is 475. The van der Waals surface area contributed by atoms with Crippen LogP contribution in [0.1, 0.15) is 5.82 Å². The summed E-state index contributed by atoms with van der Waals surface area (Å²) >= 11 is 0. The first-order valence-corrected chi connectivity index (χ1v) is 10.3. The lowest BCUT2D eigenvalue weighted by Crippen LogP contribution is -2.14. The van der Waals surface area contributed by atoms with Crippen LogP contribution in [0.25, 0.3) is 0 Å². The Morgan fingerprint density at radius 1 is 0.600 bits per heavy atom. The van der Waals surface area contributed by atoms with Gasteiger partial charge in [-0.1, -0.05) is 0 Å². The SMILES string of the molecule is COCCOCCOCCOCCOCc1nccn1CCOCCOCCOC. The smallest absolute Gasteiger partial charge is 0.134 e. The van der Waals surface area contributed by atoms with Gasteiger partial charge in [0.15, 0.2) is 0 Å². The Labute approximate surface area is 179 Å². The summed E-state index contributed by atoms with van der Waals surface area (Å²) in [5, 5.41) is 0. The Morgan fingerprint density at radius 3 is 1.53 bits per heavy atom. The second kappa shape index (κ2) is 21.1. The zero-order chi connectivity index (χ0) is 21.5. The van der Waals surface area contributed by atoms with E-state index in [0.717, 1.165) is 12.4 Å². The predicted octanol–water partition coefficient (Wildman–Crippen LogP) is 0.776. The van der Waals surface area contributed by atoms with E-state index in [1.807, 2.05) is 10.8 Å². The molecular formula is C20H38N2O8. The minimum atomic E-state index is 0.436. The molecule has 1 aromatic heterocycles. The van der Waals surface area contributed by atoms with Crippen molar-refractivity contribution in [2.75, 3.05) is 100 Å². The fourth-order valence-electron chi connectivity index (χ4n) is 2.28. The van der Waals surface area contributed by atoms with E-state index in [1.165, 1.54) is 0 Å². The van der Waals surface area contributed by atoms with E-state index >= 15 is 0 Å². The fourth-order valence-corrected chi connectivity index (χ4v) is 2.28. The molecule has 0 aliphatic heterocycles. The van der Waals surface area contributed by atoms with E-state index in [2.05, 4.69) is 4.98 Å². The molecule has 0 saturated heterocycles. The fraction of sp³-hybridized carbons (Fsp3) is 0.850. The Hall–Kier alpha value is -1.11. The van der Waals surface area contributed by atoms with Gasteiger partial charge >= 0.3 is 0 Å². The van der Waals surface area contributed by atoms with Crippen molar-refractivity contribution in [3.05, 3.63) is 18.2 Å². The highest BCUT2D eigenvalue weighted by molar-refractivity contribution is 4.90. The normalized spacial score (nSPS) is 11.4. The summed E-state index contributed by atoms with van der Waals surface area (Å²) in [6.45, 7) is 8.45. The molecule has 0 spiro atoms. The van der Waals surface area contributed by atoms with Crippen molar-refractivity contribution in [3.8, 4) is 0 Å². The van der Waals surface area contributed by atoms with E-state index in [9.17, 15) is 0 Å². The van der Waals surface area contributed by atoms with E-state index in [1.54, 1.807) is 20.4 Å². The summed E-state index contributed by atoms with van der Waals surface area (Å²) < 4.78 is 44.5. The highest BCUT2D eigenvalue weighted by atomic mass is 16.6. The summed E-state index contributed by atoms with van der Waals surface area (Å²) in [7, 11) is 3.30. The van der Waals surface area contributed by atoms with E-state index in [0.29, 0.717) is 92.5 Å².